The van der Waals surface area contributed by atoms with Crippen LogP contribution in [0.4, 0.5) is 0 Å². The zero-order chi connectivity index (χ0) is 13.0. The number of hydrogen-bond donors (Lipinski definition) is 1. The van der Waals surface area contributed by atoms with Crippen molar-refractivity contribution in [2.45, 2.75) is 51.4 Å². The summed E-state index contributed by atoms with van der Waals surface area (Å²) in [7, 11) is 1.60. The maximum Gasteiger partial charge on any atom is 0.162 e. The van der Waals surface area contributed by atoms with Gasteiger partial charge in [-0.15, -0.1) is 0 Å². The van der Waals surface area contributed by atoms with Crippen molar-refractivity contribution in [2.75, 3.05) is 13.7 Å². The van der Waals surface area contributed by atoms with Crippen molar-refractivity contribution in [3.63, 3.8) is 0 Å². The molecule has 0 spiro atoms. The lowest BCUT2D eigenvalue weighted by Crippen LogP contribution is -2.28. The number of ether oxygens (including phenoxy) is 2. The molecule has 2 atom stereocenters. The van der Waals surface area contributed by atoms with Crippen LogP contribution in [-0.2, 0) is 11.3 Å². The lowest BCUT2D eigenvalue weighted by atomic mass is 10.0. The maximum atomic E-state index is 10.5. The SMILES string of the molecule is CCCn1ncc(OC)c1C(O)C1CCCCO1. The van der Waals surface area contributed by atoms with E-state index in [1.165, 1.54) is 0 Å². The minimum absolute atomic E-state index is 0.139. The van der Waals surface area contributed by atoms with E-state index in [-0.39, 0.29) is 6.10 Å². The maximum absolute atomic E-state index is 10.5. The highest BCUT2D eigenvalue weighted by Crippen LogP contribution is 2.32. The molecule has 18 heavy (non-hydrogen) atoms. The lowest BCUT2D eigenvalue weighted by molar-refractivity contribution is -0.0669. The molecule has 2 heterocycles. The third kappa shape index (κ3) is 2.67. The van der Waals surface area contributed by atoms with Crippen LogP contribution >= 0.6 is 0 Å². The molecule has 0 bridgehead atoms. The molecular formula is C13H22N2O3. The first kappa shape index (κ1) is 13.4. The van der Waals surface area contributed by atoms with Gasteiger partial charge in [-0.25, -0.2) is 0 Å². The van der Waals surface area contributed by atoms with Gasteiger partial charge in [-0.3, -0.25) is 4.68 Å². The predicted octanol–water partition coefficient (Wildman–Crippen LogP) is 1.90. The molecule has 2 unspecified atom stereocenters. The Balaban J connectivity index is 2.20. The summed E-state index contributed by atoms with van der Waals surface area (Å²) in [5, 5.41) is 14.8. The lowest BCUT2D eigenvalue weighted by Gasteiger charge is -2.27. The molecule has 2 rings (SSSR count). The van der Waals surface area contributed by atoms with Gasteiger partial charge in [-0.05, 0) is 25.7 Å². The Bertz CT molecular complexity index is 372. The van der Waals surface area contributed by atoms with Crippen LogP contribution in [-0.4, -0.2) is 34.7 Å². The summed E-state index contributed by atoms with van der Waals surface area (Å²) in [4.78, 5) is 0. The second-order valence-corrected chi connectivity index (χ2v) is 4.67. The van der Waals surface area contributed by atoms with Crippen LogP contribution < -0.4 is 4.74 Å². The van der Waals surface area contributed by atoms with Crippen molar-refractivity contribution < 1.29 is 14.6 Å². The standard InChI is InChI=1S/C13H22N2O3/c1-3-7-15-12(11(17-2)9-14-15)13(16)10-6-4-5-8-18-10/h9-10,13,16H,3-8H2,1-2H3. The minimum Gasteiger partial charge on any atom is -0.493 e. The van der Waals surface area contributed by atoms with Crippen molar-refractivity contribution in [2.24, 2.45) is 0 Å². The van der Waals surface area contributed by atoms with E-state index in [1.54, 1.807) is 13.3 Å². The number of nitrogens with zero attached hydrogens (tertiary/aromatic N) is 2. The Kier molecular flexibility index (Phi) is 4.60. The van der Waals surface area contributed by atoms with Gasteiger partial charge >= 0.3 is 0 Å². The van der Waals surface area contributed by atoms with E-state index in [0.717, 1.165) is 44.5 Å². The highest BCUT2D eigenvalue weighted by molar-refractivity contribution is 5.28. The fraction of sp³-hybridized carbons (Fsp3) is 0.769. The van der Waals surface area contributed by atoms with Gasteiger partial charge in [0, 0.05) is 13.2 Å². The molecule has 0 aliphatic carbocycles. The van der Waals surface area contributed by atoms with Crippen molar-refractivity contribution in [1.82, 2.24) is 9.78 Å². The van der Waals surface area contributed by atoms with Gasteiger partial charge in [-0.1, -0.05) is 6.92 Å². The number of aromatic nitrogens is 2. The van der Waals surface area contributed by atoms with Crippen LogP contribution in [0.25, 0.3) is 0 Å². The average Bonchev–Trinajstić information content (AvgIpc) is 2.82. The number of methoxy groups -OCH3 is 1. The first-order valence-electron chi connectivity index (χ1n) is 6.67. The van der Waals surface area contributed by atoms with Gasteiger partial charge in [0.1, 0.15) is 11.8 Å². The molecule has 1 aliphatic heterocycles. The quantitative estimate of drug-likeness (QED) is 0.872. The summed E-state index contributed by atoms with van der Waals surface area (Å²) in [5.74, 6) is 0.644. The molecule has 0 saturated carbocycles. The number of rotatable bonds is 5. The summed E-state index contributed by atoms with van der Waals surface area (Å²) in [6.07, 6.45) is 4.91. The van der Waals surface area contributed by atoms with Gasteiger partial charge in [0.25, 0.3) is 0 Å². The van der Waals surface area contributed by atoms with E-state index in [4.69, 9.17) is 9.47 Å². The molecule has 5 heteroatoms. The Morgan fingerprint density at radius 2 is 2.44 bits per heavy atom. The van der Waals surface area contributed by atoms with Gasteiger partial charge in [0.15, 0.2) is 5.75 Å². The largest absolute Gasteiger partial charge is 0.493 e. The predicted molar refractivity (Wildman–Crippen MR) is 67.6 cm³/mol. The van der Waals surface area contributed by atoms with Crippen molar-refractivity contribution in [3.05, 3.63) is 11.9 Å². The molecule has 1 aromatic heterocycles. The topological polar surface area (TPSA) is 56.5 Å². The molecule has 5 nitrogen and oxygen atoms in total. The van der Waals surface area contributed by atoms with Gasteiger partial charge in [0.2, 0.25) is 0 Å². The highest BCUT2D eigenvalue weighted by atomic mass is 16.5. The van der Waals surface area contributed by atoms with Crippen LogP contribution in [0.1, 0.15) is 44.4 Å². The number of aryl methyl sites for hydroxylation is 1. The summed E-state index contributed by atoms with van der Waals surface area (Å²) >= 11 is 0. The Morgan fingerprint density at radius 3 is 3.06 bits per heavy atom. The van der Waals surface area contributed by atoms with E-state index >= 15 is 0 Å². The molecule has 1 N–H and O–H groups in total. The molecule has 0 radical (unpaired) electrons. The molecule has 0 aromatic carbocycles. The first-order valence-corrected chi connectivity index (χ1v) is 6.67. The summed E-state index contributed by atoms with van der Waals surface area (Å²) < 4.78 is 12.8. The number of aliphatic hydroxyl groups excluding tert-OH is 1. The third-order valence-electron chi connectivity index (χ3n) is 3.35. The monoisotopic (exact) mass is 254 g/mol. The van der Waals surface area contributed by atoms with Crippen LogP contribution in [0.5, 0.6) is 5.75 Å². The highest BCUT2D eigenvalue weighted by Gasteiger charge is 2.29. The normalized spacial score (nSPS) is 21.8. The van der Waals surface area contributed by atoms with Crippen LogP contribution in [0, 0.1) is 0 Å². The van der Waals surface area contributed by atoms with Crippen LogP contribution in [0.2, 0.25) is 0 Å². The Hall–Kier alpha value is -1.07. The van der Waals surface area contributed by atoms with E-state index in [0.29, 0.717) is 5.75 Å². The second-order valence-electron chi connectivity index (χ2n) is 4.67. The molecule has 0 amide bonds. The zero-order valence-electron chi connectivity index (χ0n) is 11.1. The van der Waals surface area contributed by atoms with E-state index in [2.05, 4.69) is 12.0 Å². The van der Waals surface area contributed by atoms with Crippen LogP contribution in [0.15, 0.2) is 6.20 Å². The summed E-state index contributed by atoms with van der Waals surface area (Å²) in [5.41, 5.74) is 0.742. The number of aliphatic hydroxyl groups is 1. The van der Waals surface area contributed by atoms with Crippen molar-refractivity contribution >= 4 is 0 Å². The summed E-state index contributed by atoms with van der Waals surface area (Å²) in [6, 6.07) is 0. The molecule has 102 valence electrons. The van der Waals surface area contributed by atoms with Gasteiger partial charge < -0.3 is 14.6 Å². The van der Waals surface area contributed by atoms with Gasteiger partial charge in [-0.2, -0.15) is 5.10 Å². The van der Waals surface area contributed by atoms with E-state index < -0.39 is 6.10 Å². The second kappa shape index (κ2) is 6.20. The van der Waals surface area contributed by atoms with Crippen LogP contribution in [0.3, 0.4) is 0 Å². The molecule has 1 aromatic rings. The fourth-order valence-corrected chi connectivity index (χ4v) is 2.41. The number of hydrogen-bond acceptors (Lipinski definition) is 4. The van der Waals surface area contributed by atoms with E-state index in [1.807, 2.05) is 4.68 Å². The summed E-state index contributed by atoms with van der Waals surface area (Å²) in [6.45, 7) is 3.59. The Morgan fingerprint density at radius 1 is 1.61 bits per heavy atom. The molecular weight excluding hydrogens is 232 g/mol. The smallest absolute Gasteiger partial charge is 0.162 e. The molecule has 1 fully saturated rings. The first-order chi connectivity index (χ1) is 8.77. The minimum atomic E-state index is -0.658. The van der Waals surface area contributed by atoms with E-state index in [9.17, 15) is 5.11 Å². The Labute approximate surface area is 108 Å². The fourth-order valence-electron chi connectivity index (χ4n) is 2.41. The third-order valence-corrected chi connectivity index (χ3v) is 3.35. The molecule has 1 saturated heterocycles. The average molecular weight is 254 g/mol. The van der Waals surface area contributed by atoms with Gasteiger partial charge in [0.05, 0.1) is 19.4 Å². The zero-order valence-corrected chi connectivity index (χ0v) is 11.1. The molecule has 1 aliphatic rings. The van der Waals surface area contributed by atoms with Crippen molar-refractivity contribution in [1.29, 1.82) is 0 Å². The van der Waals surface area contributed by atoms with Crippen molar-refractivity contribution in [3.8, 4) is 5.75 Å².